The summed E-state index contributed by atoms with van der Waals surface area (Å²) in [6, 6.07) is 21.6. The van der Waals surface area contributed by atoms with Gasteiger partial charge in [0.25, 0.3) is 5.91 Å². The molecular formula is C28H31FN2OS. The van der Waals surface area contributed by atoms with Crippen molar-refractivity contribution in [1.82, 2.24) is 9.80 Å². The Labute approximate surface area is 199 Å². The Morgan fingerprint density at radius 2 is 1.79 bits per heavy atom. The van der Waals surface area contributed by atoms with Crippen molar-refractivity contribution in [2.24, 2.45) is 11.8 Å². The van der Waals surface area contributed by atoms with E-state index in [1.165, 1.54) is 35.8 Å². The second-order valence-electron chi connectivity index (χ2n) is 9.54. The molecule has 3 heterocycles. The van der Waals surface area contributed by atoms with Gasteiger partial charge in [0.15, 0.2) is 0 Å². The van der Waals surface area contributed by atoms with E-state index in [9.17, 15) is 9.18 Å². The smallest absolute Gasteiger partial charge is 0.263 e. The van der Waals surface area contributed by atoms with Crippen molar-refractivity contribution in [2.75, 3.05) is 32.7 Å². The number of hydrogen-bond acceptors (Lipinski definition) is 3. The topological polar surface area (TPSA) is 23.6 Å². The molecule has 2 saturated heterocycles. The number of halogens is 1. The van der Waals surface area contributed by atoms with Crippen LogP contribution in [0.5, 0.6) is 0 Å². The molecule has 2 unspecified atom stereocenters. The lowest BCUT2D eigenvalue weighted by Crippen LogP contribution is -2.39. The maximum Gasteiger partial charge on any atom is 0.263 e. The third-order valence-electron chi connectivity index (χ3n) is 7.30. The highest BCUT2D eigenvalue weighted by molar-refractivity contribution is 7.12. The second kappa shape index (κ2) is 10.2. The highest BCUT2D eigenvalue weighted by Gasteiger charge is 2.38. The Morgan fingerprint density at radius 1 is 0.970 bits per heavy atom. The number of amides is 1. The van der Waals surface area contributed by atoms with Gasteiger partial charge in [-0.05, 0) is 78.9 Å². The molecule has 2 aliphatic heterocycles. The summed E-state index contributed by atoms with van der Waals surface area (Å²) in [4.78, 5) is 18.4. The summed E-state index contributed by atoms with van der Waals surface area (Å²) >= 11 is 1.49. The summed E-state index contributed by atoms with van der Waals surface area (Å²) in [5, 5.41) is 1.95. The van der Waals surface area contributed by atoms with Gasteiger partial charge in [0, 0.05) is 25.6 Å². The third kappa shape index (κ3) is 5.36. The zero-order valence-corrected chi connectivity index (χ0v) is 19.7. The molecule has 0 spiro atoms. The molecular weight excluding hydrogens is 431 g/mol. The maximum atomic E-state index is 14.0. The standard InChI is InChI=1S/C28H31FN2OS/c29-25-9-4-8-23(17-25)26-20-31(28(32)27-10-5-15-33-27)19-24(26)18-30-13-11-22(12-14-30)16-21-6-2-1-3-7-21/h1-10,15,17,22,24,26H,11-14,16,18-20H2. The number of benzene rings is 2. The van der Waals surface area contributed by atoms with E-state index in [2.05, 4.69) is 35.2 Å². The molecule has 172 valence electrons. The van der Waals surface area contributed by atoms with Crippen molar-refractivity contribution in [1.29, 1.82) is 0 Å². The summed E-state index contributed by atoms with van der Waals surface area (Å²) in [5.41, 5.74) is 2.45. The van der Waals surface area contributed by atoms with Crippen LogP contribution in [0.25, 0.3) is 0 Å². The fourth-order valence-corrected chi connectivity index (χ4v) is 6.24. The van der Waals surface area contributed by atoms with Gasteiger partial charge in [0.1, 0.15) is 5.82 Å². The predicted octanol–water partition coefficient (Wildman–Crippen LogP) is 5.70. The largest absolute Gasteiger partial charge is 0.337 e. The van der Waals surface area contributed by atoms with E-state index in [-0.39, 0.29) is 17.6 Å². The lowest BCUT2D eigenvalue weighted by atomic mass is 9.86. The van der Waals surface area contributed by atoms with Crippen LogP contribution in [0.1, 0.15) is 39.6 Å². The summed E-state index contributed by atoms with van der Waals surface area (Å²) in [6.07, 6.45) is 3.58. The Bertz CT molecular complexity index is 1050. The van der Waals surface area contributed by atoms with Gasteiger partial charge < -0.3 is 9.80 Å². The Morgan fingerprint density at radius 3 is 2.52 bits per heavy atom. The summed E-state index contributed by atoms with van der Waals surface area (Å²) in [5.74, 6) is 1.14. The highest BCUT2D eigenvalue weighted by Crippen LogP contribution is 2.35. The van der Waals surface area contributed by atoms with Crippen LogP contribution in [0.15, 0.2) is 72.1 Å². The van der Waals surface area contributed by atoms with Crippen molar-refractivity contribution in [3.8, 4) is 0 Å². The fourth-order valence-electron chi connectivity index (χ4n) is 5.55. The maximum absolute atomic E-state index is 14.0. The van der Waals surface area contributed by atoms with Gasteiger partial charge in [-0.15, -0.1) is 11.3 Å². The lowest BCUT2D eigenvalue weighted by Gasteiger charge is -2.34. The SMILES string of the molecule is O=C(c1cccs1)N1CC(CN2CCC(Cc3ccccc3)CC2)C(c2cccc(F)c2)C1. The Balaban J connectivity index is 1.24. The first-order chi connectivity index (χ1) is 16.2. The van der Waals surface area contributed by atoms with E-state index < -0.39 is 0 Å². The van der Waals surface area contributed by atoms with Gasteiger partial charge in [-0.25, -0.2) is 4.39 Å². The molecule has 0 saturated carbocycles. The molecule has 2 fully saturated rings. The number of likely N-dealkylation sites (tertiary alicyclic amines) is 2. The molecule has 3 nitrogen and oxygen atoms in total. The predicted molar refractivity (Wildman–Crippen MR) is 132 cm³/mol. The number of nitrogens with zero attached hydrogens (tertiary/aromatic N) is 2. The summed E-state index contributed by atoms with van der Waals surface area (Å²) in [7, 11) is 0. The first-order valence-electron chi connectivity index (χ1n) is 12.0. The molecule has 5 rings (SSSR count). The minimum Gasteiger partial charge on any atom is -0.337 e. The molecule has 1 aromatic heterocycles. The first-order valence-corrected chi connectivity index (χ1v) is 12.9. The van der Waals surface area contributed by atoms with Crippen molar-refractivity contribution in [3.05, 3.63) is 93.9 Å². The first kappa shape index (κ1) is 22.3. The third-order valence-corrected chi connectivity index (χ3v) is 8.16. The monoisotopic (exact) mass is 462 g/mol. The minimum atomic E-state index is -0.198. The quantitative estimate of drug-likeness (QED) is 0.469. The summed E-state index contributed by atoms with van der Waals surface area (Å²) in [6.45, 7) is 4.57. The van der Waals surface area contributed by atoms with Crippen LogP contribution >= 0.6 is 11.3 Å². The van der Waals surface area contributed by atoms with E-state index in [1.54, 1.807) is 12.1 Å². The molecule has 2 aromatic carbocycles. The Hall–Kier alpha value is -2.50. The average Bonchev–Trinajstić information content (AvgIpc) is 3.51. The highest BCUT2D eigenvalue weighted by atomic mass is 32.1. The van der Waals surface area contributed by atoms with Crippen LogP contribution in [-0.2, 0) is 6.42 Å². The Kier molecular flexibility index (Phi) is 6.88. The van der Waals surface area contributed by atoms with Gasteiger partial charge >= 0.3 is 0 Å². The van der Waals surface area contributed by atoms with E-state index >= 15 is 0 Å². The molecule has 0 aliphatic carbocycles. The second-order valence-corrected chi connectivity index (χ2v) is 10.5. The van der Waals surface area contributed by atoms with Gasteiger partial charge in [-0.2, -0.15) is 0 Å². The normalized spacial score (nSPS) is 22.0. The van der Waals surface area contributed by atoms with Crippen LogP contribution in [0.3, 0.4) is 0 Å². The van der Waals surface area contributed by atoms with Crippen molar-refractivity contribution < 1.29 is 9.18 Å². The van der Waals surface area contributed by atoms with E-state index in [0.717, 1.165) is 49.0 Å². The number of piperidine rings is 1. The zero-order chi connectivity index (χ0) is 22.6. The molecule has 0 N–H and O–H groups in total. The molecule has 1 amide bonds. The summed E-state index contributed by atoms with van der Waals surface area (Å²) < 4.78 is 14.0. The molecule has 0 radical (unpaired) electrons. The molecule has 5 heteroatoms. The fraction of sp³-hybridized carbons (Fsp3) is 0.393. The molecule has 2 aliphatic rings. The van der Waals surface area contributed by atoms with Crippen molar-refractivity contribution >= 4 is 17.2 Å². The number of hydrogen-bond donors (Lipinski definition) is 0. The van der Waals surface area contributed by atoms with Crippen LogP contribution in [0, 0.1) is 17.7 Å². The van der Waals surface area contributed by atoms with Crippen LogP contribution in [0.4, 0.5) is 4.39 Å². The van der Waals surface area contributed by atoms with Gasteiger partial charge in [0.2, 0.25) is 0 Å². The van der Waals surface area contributed by atoms with Crippen LogP contribution < -0.4 is 0 Å². The van der Waals surface area contributed by atoms with Crippen molar-refractivity contribution in [2.45, 2.75) is 25.2 Å². The number of carbonyl (C=O) groups is 1. The van der Waals surface area contributed by atoms with Gasteiger partial charge in [0.05, 0.1) is 4.88 Å². The van der Waals surface area contributed by atoms with Crippen LogP contribution in [0.2, 0.25) is 0 Å². The lowest BCUT2D eigenvalue weighted by molar-refractivity contribution is 0.0785. The molecule has 3 aromatic rings. The van der Waals surface area contributed by atoms with E-state index in [1.807, 2.05) is 28.5 Å². The van der Waals surface area contributed by atoms with E-state index in [4.69, 9.17) is 0 Å². The molecule has 2 atom stereocenters. The molecule has 0 bridgehead atoms. The minimum absolute atomic E-state index is 0.107. The van der Waals surface area contributed by atoms with Gasteiger partial charge in [-0.1, -0.05) is 48.5 Å². The number of rotatable bonds is 6. The molecule has 33 heavy (non-hydrogen) atoms. The number of thiophene rings is 1. The number of carbonyl (C=O) groups excluding carboxylic acids is 1. The van der Waals surface area contributed by atoms with Crippen molar-refractivity contribution in [3.63, 3.8) is 0 Å². The zero-order valence-electron chi connectivity index (χ0n) is 18.9. The average molecular weight is 463 g/mol. The van der Waals surface area contributed by atoms with Gasteiger partial charge in [-0.3, -0.25) is 4.79 Å². The van der Waals surface area contributed by atoms with E-state index in [0.29, 0.717) is 12.5 Å². The van der Waals surface area contributed by atoms with Crippen LogP contribution in [-0.4, -0.2) is 48.4 Å².